The first-order valence-corrected chi connectivity index (χ1v) is 9.37. The van der Waals surface area contributed by atoms with Gasteiger partial charge in [-0.3, -0.25) is 4.79 Å². The highest BCUT2D eigenvalue weighted by atomic mass is 32.2. The van der Waals surface area contributed by atoms with Crippen molar-refractivity contribution in [2.75, 3.05) is 19.9 Å². The molecule has 132 valence electrons. The molecule has 0 atom stereocenters. The number of amides is 1. The Morgan fingerprint density at radius 2 is 2.04 bits per heavy atom. The van der Waals surface area contributed by atoms with Crippen molar-refractivity contribution >= 4 is 15.7 Å². The number of hydrogen-bond donors (Lipinski definition) is 0. The largest absolute Gasteiger partial charge is 0.454 e. The molecule has 0 N–H and O–H groups in total. The van der Waals surface area contributed by atoms with Crippen LogP contribution in [-0.2, 0) is 28.1 Å². The number of fused-ring (bicyclic) bond motifs is 1. The van der Waals surface area contributed by atoms with Crippen LogP contribution in [0.2, 0.25) is 0 Å². The van der Waals surface area contributed by atoms with E-state index in [0.717, 1.165) is 5.56 Å². The second-order valence-corrected chi connectivity index (χ2v) is 8.27. The molecule has 0 aliphatic carbocycles. The van der Waals surface area contributed by atoms with E-state index in [1.807, 2.05) is 6.07 Å². The maximum absolute atomic E-state index is 12.5. The van der Waals surface area contributed by atoms with Crippen LogP contribution in [0.4, 0.5) is 0 Å². The van der Waals surface area contributed by atoms with E-state index >= 15 is 0 Å². The van der Waals surface area contributed by atoms with Crippen LogP contribution in [0.5, 0.6) is 11.5 Å². The van der Waals surface area contributed by atoms with E-state index in [4.69, 9.17) is 9.47 Å². The monoisotopic (exact) mass is 363 g/mol. The van der Waals surface area contributed by atoms with Crippen molar-refractivity contribution in [1.82, 2.24) is 14.5 Å². The van der Waals surface area contributed by atoms with Gasteiger partial charge in [0.15, 0.2) is 11.5 Å². The van der Waals surface area contributed by atoms with E-state index in [9.17, 15) is 13.2 Å². The topological polar surface area (TPSA) is 90.7 Å². The van der Waals surface area contributed by atoms with Gasteiger partial charge >= 0.3 is 0 Å². The van der Waals surface area contributed by atoms with Gasteiger partial charge in [0, 0.05) is 32.5 Å². The molecule has 0 saturated carbocycles. The summed E-state index contributed by atoms with van der Waals surface area (Å²) in [6, 6.07) is 5.37. The summed E-state index contributed by atoms with van der Waals surface area (Å²) in [6.07, 6.45) is 3.24. The maximum atomic E-state index is 12.5. The van der Waals surface area contributed by atoms with Crippen molar-refractivity contribution in [2.24, 2.45) is 7.05 Å². The van der Waals surface area contributed by atoms with Gasteiger partial charge in [0.05, 0.1) is 6.42 Å². The highest BCUT2D eigenvalue weighted by molar-refractivity contribution is 7.92. The molecule has 1 aromatic heterocycles. The Kier molecular flexibility index (Phi) is 3.68. The number of sulfone groups is 1. The predicted octanol–water partition coefficient (Wildman–Crippen LogP) is 0.376. The van der Waals surface area contributed by atoms with E-state index in [1.54, 1.807) is 30.3 Å². The van der Waals surface area contributed by atoms with Crippen LogP contribution < -0.4 is 9.47 Å². The van der Waals surface area contributed by atoms with Gasteiger partial charge < -0.3 is 18.9 Å². The van der Waals surface area contributed by atoms with Gasteiger partial charge in [0.2, 0.25) is 27.7 Å². The van der Waals surface area contributed by atoms with Crippen LogP contribution in [0.1, 0.15) is 5.56 Å². The number of aryl methyl sites for hydroxylation is 1. The zero-order valence-corrected chi connectivity index (χ0v) is 14.4. The lowest BCUT2D eigenvalue weighted by Crippen LogP contribution is -2.57. The highest BCUT2D eigenvalue weighted by Crippen LogP contribution is 2.33. The minimum atomic E-state index is -3.52. The van der Waals surface area contributed by atoms with Crippen molar-refractivity contribution < 1.29 is 22.7 Å². The Bertz CT molecular complexity index is 931. The summed E-state index contributed by atoms with van der Waals surface area (Å²) in [5.74, 6) is 1.19. The Hall–Kier alpha value is -2.55. The normalized spacial score (nSPS) is 16.8. The number of carbonyl (C=O) groups excluding carboxylic acids is 1. The number of imidazole rings is 1. The quantitative estimate of drug-likeness (QED) is 0.780. The molecule has 2 aromatic rings. The number of rotatable bonds is 4. The van der Waals surface area contributed by atoms with Gasteiger partial charge in [0.1, 0.15) is 5.25 Å². The van der Waals surface area contributed by atoms with Crippen LogP contribution in [0.25, 0.3) is 0 Å². The Labute approximate surface area is 144 Å². The lowest BCUT2D eigenvalue weighted by molar-refractivity contribution is -0.133. The van der Waals surface area contributed by atoms with Crippen LogP contribution in [0.15, 0.2) is 35.7 Å². The molecule has 8 nitrogen and oxygen atoms in total. The maximum Gasteiger partial charge on any atom is 0.231 e. The molecule has 0 bridgehead atoms. The summed E-state index contributed by atoms with van der Waals surface area (Å²) in [5, 5.41) is -0.560. The van der Waals surface area contributed by atoms with Gasteiger partial charge in [0.25, 0.3) is 0 Å². The van der Waals surface area contributed by atoms with E-state index in [-0.39, 0.29) is 37.4 Å². The molecule has 1 amide bonds. The fourth-order valence-corrected chi connectivity index (χ4v) is 4.67. The zero-order valence-electron chi connectivity index (χ0n) is 13.6. The average molecular weight is 363 g/mol. The molecule has 9 heteroatoms. The molecule has 0 spiro atoms. The zero-order chi connectivity index (χ0) is 17.6. The summed E-state index contributed by atoms with van der Waals surface area (Å²) >= 11 is 0. The minimum Gasteiger partial charge on any atom is -0.454 e. The molecule has 4 rings (SSSR count). The minimum absolute atomic E-state index is 0.0420. The van der Waals surface area contributed by atoms with E-state index in [1.165, 1.54) is 10.8 Å². The molecule has 1 fully saturated rings. The Balaban J connectivity index is 1.39. The van der Waals surface area contributed by atoms with E-state index in [2.05, 4.69) is 4.98 Å². The fourth-order valence-electron chi connectivity index (χ4n) is 2.95. The standard InChI is InChI=1S/C16H17N3O5S/c1-18-5-4-17-16(18)25(21,22)12-8-19(9-12)15(20)7-11-2-3-13-14(6-11)24-10-23-13/h2-6,12H,7-10H2,1H3. The number of aromatic nitrogens is 2. The molecular weight excluding hydrogens is 346 g/mol. The van der Waals surface area contributed by atoms with Crippen LogP contribution in [0, 0.1) is 0 Å². The first kappa shape index (κ1) is 15.9. The lowest BCUT2D eigenvalue weighted by atomic mass is 10.1. The number of nitrogens with zero attached hydrogens (tertiary/aromatic N) is 3. The predicted molar refractivity (Wildman–Crippen MR) is 87.0 cm³/mol. The van der Waals surface area contributed by atoms with Gasteiger partial charge in [-0.15, -0.1) is 0 Å². The third kappa shape index (κ3) is 2.74. The number of hydrogen-bond acceptors (Lipinski definition) is 6. The highest BCUT2D eigenvalue weighted by Gasteiger charge is 2.42. The summed E-state index contributed by atoms with van der Waals surface area (Å²) < 4.78 is 37.0. The van der Waals surface area contributed by atoms with Gasteiger partial charge in [-0.05, 0) is 17.7 Å². The summed E-state index contributed by atoms with van der Waals surface area (Å²) in [4.78, 5) is 17.8. The fraction of sp³-hybridized carbons (Fsp3) is 0.375. The van der Waals surface area contributed by atoms with Gasteiger partial charge in [-0.25, -0.2) is 13.4 Å². The van der Waals surface area contributed by atoms with Crippen LogP contribution >= 0.6 is 0 Å². The summed E-state index contributed by atoms with van der Waals surface area (Å²) in [7, 11) is -1.88. The van der Waals surface area contributed by atoms with Gasteiger partial charge in [-0.1, -0.05) is 6.07 Å². The van der Waals surface area contributed by atoms with E-state index < -0.39 is 15.1 Å². The van der Waals surface area contributed by atoms with E-state index in [0.29, 0.717) is 11.5 Å². The summed E-state index contributed by atoms with van der Waals surface area (Å²) in [5.41, 5.74) is 0.810. The number of carbonyl (C=O) groups is 1. The second kappa shape index (κ2) is 5.76. The Morgan fingerprint density at radius 3 is 2.76 bits per heavy atom. The summed E-state index contributed by atoms with van der Waals surface area (Å²) in [6.45, 7) is 0.572. The lowest BCUT2D eigenvalue weighted by Gasteiger charge is -2.38. The smallest absolute Gasteiger partial charge is 0.231 e. The van der Waals surface area contributed by atoms with Crippen LogP contribution in [-0.4, -0.2) is 53.9 Å². The first-order valence-electron chi connectivity index (χ1n) is 7.82. The second-order valence-electron chi connectivity index (χ2n) is 6.15. The average Bonchev–Trinajstić information content (AvgIpc) is 3.13. The molecule has 1 saturated heterocycles. The van der Waals surface area contributed by atoms with Crippen molar-refractivity contribution in [2.45, 2.75) is 16.8 Å². The van der Waals surface area contributed by atoms with Crippen molar-refractivity contribution in [3.8, 4) is 11.5 Å². The number of ether oxygens (including phenoxy) is 2. The number of likely N-dealkylation sites (tertiary alicyclic amines) is 1. The van der Waals surface area contributed by atoms with Crippen LogP contribution in [0.3, 0.4) is 0 Å². The van der Waals surface area contributed by atoms with Gasteiger partial charge in [-0.2, -0.15) is 0 Å². The molecule has 2 aliphatic rings. The molecule has 0 radical (unpaired) electrons. The Morgan fingerprint density at radius 1 is 1.28 bits per heavy atom. The SMILES string of the molecule is Cn1ccnc1S(=O)(=O)C1CN(C(=O)Cc2ccc3c(c2)OCO3)C1. The molecule has 3 heterocycles. The third-order valence-electron chi connectivity index (χ3n) is 4.46. The molecule has 2 aliphatic heterocycles. The third-order valence-corrected chi connectivity index (χ3v) is 6.54. The first-order chi connectivity index (χ1) is 11.9. The van der Waals surface area contributed by atoms with Crippen molar-refractivity contribution in [3.05, 3.63) is 36.2 Å². The van der Waals surface area contributed by atoms with Crippen molar-refractivity contribution in [1.29, 1.82) is 0 Å². The molecule has 25 heavy (non-hydrogen) atoms. The molecular formula is C16H17N3O5S. The van der Waals surface area contributed by atoms with Crippen molar-refractivity contribution in [3.63, 3.8) is 0 Å². The number of benzene rings is 1. The molecule has 1 aromatic carbocycles. The molecule has 0 unspecified atom stereocenters.